The van der Waals surface area contributed by atoms with E-state index in [-0.39, 0.29) is 5.97 Å². The Hall–Kier alpha value is -2.03. The molecule has 18 heavy (non-hydrogen) atoms. The van der Waals surface area contributed by atoms with Crippen molar-refractivity contribution < 1.29 is 14.3 Å². The van der Waals surface area contributed by atoms with Crippen molar-refractivity contribution in [1.29, 1.82) is 0 Å². The lowest BCUT2D eigenvalue weighted by Crippen LogP contribution is -2.05. The van der Waals surface area contributed by atoms with Gasteiger partial charge >= 0.3 is 5.97 Å². The van der Waals surface area contributed by atoms with E-state index in [1.807, 2.05) is 0 Å². The summed E-state index contributed by atoms with van der Waals surface area (Å²) in [6.07, 6.45) is 4.82. The fourth-order valence-corrected chi connectivity index (χ4v) is 1.87. The summed E-state index contributed by atoms with van der Waals surface area (Å²) in [5.74, 6) is 0.427. The van der Waals surface area contributed by atoms with Crippen LogP contribution < -0.4 is 4.74 Å². The summed E-state index contributed by atoms with van der Waals surface area (Å²) >= 11 is 0. The molecule has 0 aliphatic carbocycles. The van der Waals surface area contributed by atoms with E-state index in [9.17, 15) is 4.79 Å². The molecule has 0 saturated heterocycles. The number of carbonyl (C=O) groups excluding carboxylic acids is 1. The van der Waals surface area contributed by atoms with E-state index in [2.05, 4.69) is 13.2 Å². The van der Waals surface area contributed by atoms with Gasteiger partial charge in [-0.05, 0) is 36.1 Å². The maximum absolute atomic E-state index is 11.6. The lowest BCUT2D eigenvalue weighted by molar-refractivity contribution is 0.0600. The summed E-state index contributed by atoms with van der Waals surface area (Å²) in [7, 11) is 2.99. The number of methoxy groups -OCH3 is 2. The van der Waals surface area contributed by atoms with E-state index < -0.39 is 0 Å². The monoisotopic (exact) mass is 246 g/mol. The number of rotatable bonds is 6. The molecule has 0 aromatic heterocycles. The number of carbonyl (C=O) groups is 1. The minimum atomic E-state index is -0.353. The molecule has 0 atom stereocenters. The van der Waals surface area contributed by atoms with Crippen LogP contribution in [0, 0.1) is 0 Å². The van der Waals surface area contributed by atoms with Gasteiger partial charge in [-0.3, -0.25) is 0 Å². The van der Waals surface area contributed by atoms with Crippen molar-refractivity contribution >= 4 is 5.97 Å². The molecular weight excluding hydrogens is 228 g/mol. The van der Waals surface area contributed by atoms with Crippen LogP contribution in [0.5, 0.6) is 5.75 Å². The van der Waals surface area contributed by atoms with E-state index in [1.54, 1.807) is 31.4 Å². The van der Waals surface area contributed by atoms with Crippen LogP contribution in [0.15, 0.2) is 37.4 Å². The largest absolute Gasteiger partial charge is 0.496 e. The van der Waals surface area contributed by atoms with Crippen LogP contribution in [-0.2, 0) is 17.6 Å². The van der Waals surface area contributed by atoms with Crippen LogP contribution in [0.1, 0.15) is 21.5 Å². The van der Waals surface area contributed by atoms with Crippen molar-refractivity contribution in [3.8, 4) is 5.75 Å². The molecule has 0 radical (unpaired) electrons. The average Bonchev–Trinajstić information content (AvgIpc) is 2.38. The molecule has 0 aliphatic rings. The zero-order chi connectivity index (χ0) is 13.5. The summed E-state index contributed by atoms with van der Waals surface area (Å²) in [4.78, 5) is 11.6. The second kappa shape index (κ2) is 6.64. The molecule has 0 aliphatic heterocycles. The molecule has 3 heteroatoms. The highest BCUT2D eigenvalue weighted by Gasteiger charge is 2.14. The molecular formula is C15H18O3. The lowest BCUT2D eigenvalue weighted by Gasteiger charge is -2.13. The van der Waals surface area contributed by atoms with Crippen LogP contribution in [0.2, 0.25) is 0 Å². The molecule has 0 saturated carbocycles. The highest BCUT2D eigenvalue weighted by atomic mass is 16.5. The van der Waals surface area contributed by atoms with Crippen LogP contribution in [0.3, 0.4) is 0 Å². The van der Waals surface area contributed by atoms with Gasteiger partial charge in [0.05, 0.1) is 19.8 Å². The Morgan fingerprint density at radius 3 is 2.00 bits per heavy atom. The normalized spacial score (nSPS) is 9.67. The maximum Gasteiger partial charge on any atom is 0.337 e. The summed E-state index contributed by atoms with van der Waals surface area (Å²) in [5, 5.41) is 0. The fourth-order valence-electron chi connectivity index (χ4n) is 1.87. The number of benzene rings is 1. The van der Waals surface area contributed by atoms with Gasteiger partial charge in [0.25, 0.3) is 0 Å². The van der Waals surface area contributed by atoms with Crippen LogP contribution in [0.25, 0.3) is 0 Å². The van der Waals surface area contributed by atoms with Gasteiger partial charge in [-0.15, -0.1) is 13.2 Å². The second-order valence-corrected chi connectivity index (χ2v) is 3.80. The van der Waals surface area contributed by atoms with Gasteiger partial charge < -0.3 is 9.47 Å². The van der Waals surface area contributed by atoms with Gasteiger partial charge in [0.15, 0.2) is 0 Å². The van der Waals surface area contributed by atoms with Crippen LogP contribution in [-0.4, -0.2) is 20.2 Å². The SMILES string of the molecule is C=CCc1cc(C(=O)OC)cc(CC=C)c1OC. The smallest absolute Gasteiger partial charge is 0.337 e. The van der Waals surface area contributed by atoms with Crippen molar-refractivity contribution in [1.82, 2.24) is 0 Å². The molecule has 1 aromatic rings. The van der Waals surface area contributed by atoms with E-state index in [0.717, 1.165) is 16.9 Å². The van der Waals surface area contributed by atoms with E-state index in [4.69, 9.17) is 9.47 Å². The first kappa shape index (κ1) is 14.0. The molecule has 0 heterocycles. The lowest BCUT2D eigenvalue weighted by atomic mass is 9.99. The molecule has 1 rings (SSSR count). The first-order valence-electron chi connectivity index (χ1n) is 5.67. The van der Waals surface area contributed by atoms with Crippen molar-refractivity contribution in [2.24, 2.45) is 0 Å². The third kappa shape index (κ3) is 3.00. The second-order valence-electron chi connectivity index (χ2n) is 3.80. The van der Waals surface area contributed by atoms with Crippen molar-refractivity contribution in [2.75, 3.05) is 14.2 Å². The topological polar surface area (TPSA) is 35.5 Å². The Balaban J connectivity index is 3.36. The predicted molar refractivity (Wildman–Crippen MR) is 72.1 cm³/mol. The molecule has 1 aromatic carbocycles. The third-order valence-electron chi connectivity index (χ3n) is 2.60. The first-order chi connectivity index (χ1) is 8.67. The van der Waals surface area contributed by atoms with Crippen molar-refractivity contribution in [3.05, 3.63) is 54.1 Å². The van der Waals surface area contributed by atoms with E-state index >= 15 is 0 Å². The first-order valence-corrected chi connectivity index (χ1v) is 5.67. The predicted octanol–water partition coefficient (Wildman–Crippen LogP) is 2.94. The summed E-state index contributed by atoms with van der Waals surface area (Å²) in [5.41, 5.74) is 2.37. The van der Waals surface area contributed by atoms with Crippen LogP contribution >= 0.6 is 0 Å². The summed E-state index contributed by atoms with van der Waals surface area (Å²) in [6, 6.07) is 3.55. The highest BCUT2D eigenvalue weighted by molar-refractivity contribution is 5.90. The van der Waals surface area contributed by atoms with Gasteiger partial charge in [0, 0.05) is 0 Å². The summed E-state index contributed by atoms with van der Waals surface area (Å²) < 4.78 is 10.1. The third-order valence-corrected chi connectivity index (χ3v) is 2.60. The molecule has 0 fully saturated rings. The van der Waals surface area contributed by atoms with Crippen molar-refractivity contribution in [2.45, 2.75) is 12.8 Å². The van der Waals surface area contributed by atoms with Gasteiger partial charge in [-0.2, -0.15) is 0 Å². The number of hydrogen-bond acceptors (Lipinski definition) is 3. The molecule has 0 spiro atoms. The van der Waals surface area contributed by atoms with E-state index in [1.165, 1.54) is 7.11 Å². The molecule has 0 bridgehead atoms. The highest BCUT2D eigenvalue weighted by Crippen LogP contribution is 2.27. The summed E-state index contributed by atoms with van der Waals surface area (Å²) in [6.45, 7) is 7.42. The minimum absolute atomic E-state index is 0.353. The zero-order valence-electron chi connectivity index (χ0n) is 10.9. The minimum Gasteiger partial charge on any atom is -0.496 e. The fraction of sp³-hybridized carbons (Fsp3) is 0.267. The van der Waals surface area contributed by atoms with Crippen molar-refractivity contribution in [3.63, 3.8) is 0 Å². The maximum atomic E-state index is 11.6. The van der Waals surface area contributed by atoms with Gasteiger partial charge in [-0.25, -0.2) is 4.79 Å². The quantitative estimate of drug-likeness (QED) is 0.572. The number of ether oxygens (including phenoxy) is 2. The molecule has 96 valence electrons. The Morgan fingerprint density at radius 2 is 1.67 bits per heavy atom. The van der Waals surface area contributed by atoms with Gasteiger partial charge in [-0.1, -0.05) is 12.2 Å². The Labute approximate surface area is 108 Å². The zero-order valence-corrected chi connectivity index (χ0v) is 10.9. The standard InChI is InChI=1S/C15H18O3/c1-5-7-11-9-13(15(16)18-4)10-12(8-6-2)14(11)17-3/h5-6,9-10H,1-2,7-8H2,3-4H3. The Morgan fingerprint density at radius 1 is 1.17 bits per heavy atom. The Bertz CT molecular complexity index is 430. The number of hydrogen-bond donors (Lipinski definition) is 0. The average molecular weight is 246 g/mol. The van der Waals surface area contributed by atoms with Gasteiger partial charge in [0.2, 0.25) is 0 Å². The molecule has 0 N–H and O–H groups in total. The molecule has 3 nitrogen and oxygen atoms in total. The van der Waals surface area contributed by atoms with Crippen LogP contribution in [0.4, 0.5) is 0 Å². The molecule has 0 unspecified atom stereocenters. The Kier molecular flexibility index (Phi) is 5.18. The number of allylic oxidation sites excluding steroid dienone is 2. The van der Waals surface area contributed by atoms with Gasteiger partial charge in [0.1, 0.15) is 5.75 Å². The van der Waals surface area contributed by atoms with E-state index in [0.29, 0.717) is 18.4 Å². The number of esters is 1. The molecule has 0 amide bonds.